The van der Waals surface area contributed by atoms with Crippen LogP contribution in [0, 0.1) is 0 Å². The molecule has 0 radical (unpaired) electrons. The molecule has 1 aliphatic rings. The lowest BCUT2D eigenvalue weighted by molar-refractivity contribution is 0.439. The molecule has 1 aliphatic heterocycles. The molecule has 0 saturated carbocycles. The number of phenolic OH excluding ortho intramolecular Hbond substituents is 1. The van der Waals surface area contributed by atoms with Gasteiger partial charge in [0.2, 0.25) is 0 Å². The zero-order chi connectivity index (χ0) is 13.8. The summed E-state index contributed by atoms with van der Waals surface area (Å²) in [6, 6.07) is 18.8. The lowest BCUT2D eigenvalue weighted by Crippen LogP contribution is -2.33. The van der Waals surface area contributed by atoms with Crippen LogP contribution in [-0.2, 0) is 6.54 Å². The molecule has 0 bridgehead atoms. The largest absolute Gasteiger partial charge is 0.508 e. The second-order valence-electron chi connectivity index (χ2n) is 5.25. The first-order chi connectivity index (χ1) is 9.84. The van der Waals surface area contributed by atoms with Crippen LogP contribution in [0.25, 0.3) is 0 Å². The average molecular weight is 268 g/mol. The van der Waals surface area contributed by atoms with E-state index >= 15 is 0 Å². The summed E-state index contributed by atoms with van der Waals surface area (Å²) in [4.78, 5) is 0. The second-order valence-corrected chi connectivity index (χ2v) is 5.25. The predicted molar refractivity (Wildman–Crippen MR) is 80.5 cm³/mol. The van der Waals surface area contributed by atoms with E-state index in [2.05, 4.69) is 34.9 Å². The Hall–Kier alpha value is -1.84. The quantitative estimate of drug-likeness (QED) is 0.798. The summed E-state index contributed by atoms with van der Waals surface area (Å²) in [5, 5.41) is 16.9. The fraction of sp³-hybridized carbons (Fsp3) is 0.294. The molecule has 1 fully saturated rings. The molecule has 1 heterocycles. The van der Waals surface area contributed by atoms with Gasteiger partial charge >= 0.3 is 0 Å². The monoisotopic (exact) mass is 268 g/mol. The predicted octanol–water partition coefficient (Wildman–Crippen LogP) is 2.59. The smallest absolute Gasteiger partial charge is 0.120 e. The number of hydrogen-bond donors (Lipinski definition) is 3. The lowest BCUT2D eigenvalue weighted by atomic mass is 10.0. The van der Waals surface area contributed by atoms with Gasteiger partial charge in [-0.1, -0.05) is 48.5 Å². The van der Waals surface area contributed by atoms with Crippen molar-refractivity contribution in [3.63, 3.8) is 0 Å². The van der Waals surface area contributed by atoms with Crippen LogP contribution in [0.15, 0.2) is 54.6 Å². The Labute approximate surface area is 119 Å². The highest BCUT2D eigenvalue weighted by atomic mass is 16.3. The Balaban J connectivity index is 1.67. The fourth-order valence-corrected chi connectivity index (χ4v) is 2.84. The molecule has 0 spiro atoms. The Bertz CT molecular complexity index is 556. The molecular weight excluding hydrogens is 248 g/mol. The zero-order valence-corrected chi connectivity index (χ0v) is 11.4. The van der Waals surface area contributed by atoms with Crippen LogP contribution in [0.3, 0.4) is 0 Å². The van der Waals surface area contributed by atoms with Gasteiger partial charge in [-0.3, -0.25) is 0 Å². The van der Waals surface area contributed by atoms with Crippen molar-refractivity contribution >= 4 is 0 Å². The Morgan fingerprint density at radius 3 is 2.60 bits per heavy atom. The first kappa shape index (κ1) is 13.2. The van der Waals surface area contributed by atoms with Crippen molar-refractivity contribution in [2.45, 2.75) is 25.0 Å². The van der Waals surface area contributed by atoms with Gasteiger partial charge in [0.15, 0.2) is 0 Å². The molecule has 2 aromatic rings. The minimum atomic E-state index is 0.349. The summed E-state index contributed by atoms with van der Waals surface area (Å²) in [5.74, 6) is 0.363. The van der Waals surface area contributed by atoms with Gasteiger partial charge in [-0.25, -0.2) is 0 Å². The summed E-state index contributed by atoms with van der Waals surface area (Å²) in [6.45, 7) is 1.72. The van der Waals surface area contributed by atoms with E-state index in [0.29, 0.717) is 24.4 Å². The van der Waals surface area contributed by atoms with Gasteiger partial charge < -0.3 is 15.7 Å². The standard InChI is InChI=1S/C17H20N2O/c20-16-9-5-4-8-14(16)12-19-15-10-11-18-17(15)13-6-2-1-3-7-13/h1-9,15,17-20H,10-12H2/t15-,17-/m0/s1. The summed E-state index contributed by atoms with van der Waals surface area (Å²) in [5.41, 5.74) is 2.27. The van der Waals surface area contributed by atoms with E-state index in [1.807, 2.05) is 24.3 Å². The van der Waals surface area contributed by atoms with E-state index in [4.69, 9.17) is 0 Å². The van der Waals surface area contributed by atoms with Gasteiger partial charge in [0.05, 0.1) is 0 Å². The van der Waals surface area contributed by atoms with E-state index in [0.717, 1.165) is 18.5 Å². The third kappa shape index (κ3) is 2.84. The molecule has 104 valence electrons. The van der Waals surface area contributed by atoms with E-state index in [9.17, 15) is 5.11 Å². The van der Waals surface area contributed by atoms with E-state index in [1.165, 1.54) is 5.56 Å². The highest BCUT2D eigenvalue weighted by Crippen LogP contribution is 2.24. The number of para-hydroxylation sites is 1. The van der Waals surface area contributed by atoms with Crippen LogP contribution in [-0.4, -0.2) is 17.7 Å². The Morgan fingerprint density at radius 2 is 1.80 bits per heavy atom. The molecule has 20 heavy (non-hydrogen) atoms. The number of rotatable bonds is 4. The molecule has 0 unspecified atom stereocenters. The van der Waals surface area contributed by atoms with Crippen molar-refractivity contribution in [1.82, 2.24) is 10.6 Å². The van der Waals surface area contributed by atoms with Crippen LogP contribution in [0.4, 0.5) is 0 Å². The first-order valence-electron chi connectivity index (χ1n) is 7.13. The Kier molecular flexibility index (Phi) is 4.00. The van der Waals surface area contributed by atoms with Crippen LogP contribution in [0.1, 0.15) is 23.6 Å². The van der Waals surface area contributed by atoms with Gasteiger partial charge in [0.25, 0.3) is 0 Å². The van der Waals surface area contributed by atoms with Crippen LogP contribution < -0.4 is 10.6 Å². The van der Waals surface area contributed by atoms with Crippen molar-refractivity contribution in [2.24, 2.45) is 0 Å². The summed E-state index contributed by atoms with van der Waals surface area (Å²) in [6.07, 6.45) is 1.10. The molecule has 0 aliphatic carbocycles. The minimum absolute atomic E-state index is 0.349. The highest BCUT2D eigenvalue weighted by molar-refractivity contribution is 5.31. The Morgan fingerprint density at radius 1 is 1.05 bits per heavy atom. The van der Waals surface area contributed by atoms with Crippen LogP contribution in [0.2, 0.25) is 0 Å². The molecule has 3 nitrogen and oxygen atoms in total. The van der Waals surface area contributed by atoms with E-state index in [1.54, 1.807) is 6.07 Å². The maximum atomic E-state index is 9.81. The molecule has 3 heteroatoms. The minimum Gasteiger partial charge on any atom is -0.508 e. The number of hydrogen-bond acceptors (Lipinski definition) is 3. The number of phenols is 1. The zero-order valence-electron chi connectivity index (χ0n) is 11.4. The van der Waals surface area contributed by atoms with Gasteiger partial charge in [-0.2, -0.15) is 0 Å². The second kappa shape index (κ2) is 6.07. The number of nitrogens with one attached hydrogen (secondary N) is 2. The molecule has 3 N–H and O–H groups in total. The molecule has 0 aromatic heterocycles. The highest BCUT2D eigenvalue weighted by Gasteiger charge is 2.27. The SMILES string of the molecule is Oc1ccccc1CN[C@H]1CCN[C@H]1c1ccccc1. The molecule has 1 saturated heterocycles. The van der Waals surface area contributed by atoms with Crippen molar-refractivity contribution in [2.75, 3.05) is 6.54 Å². The average Bonchev–Trinajstić information content (AvgIpc) is 2.96. The molecular formula is C17H20N2O. The third-order valence-electron chi connectivity index (χ3n) is 3.93. The normalized spacial score (nSPS) is 22.0. The van der Waals surface area contributed by atoms with Gasteiger partial charge in [-0.15, -0.1) is 0 Å². The van der Waals surface area contributed by atoms with E-state index < -0.39 is 0 Å². The van der Waals surface area contributed by atoms with Crippen molar-refractivity contribution in [3.8, 4) is 5.75 Å². The van der Waals surface area contributed by atoms with E-state index in [-0.39, 0.29) is 0 Å². The maximum absolute atomic E-state index is 9.81. The number of aromatic hydroxyl groups is 1. The number of benzene rings is 2. The fourth-order valence-electron chi connectivity index (χ4n) is 2.84. The third-order valence-corrected chi connectivity index (χ3v) is 3.93. The molecule has 3 rings (SSSR count). The van der Waals surface area contributed by atoms with Gasteiger partial charge in [0.1, 0.15) is 5.75 Å². The molecule has 2 aromatic carbocycles. The summed E-state index contributed by atoms with van der Waals surface area (Å²) >= 11 is 0. The van der Waals surface area contributed by atoms with Crippen molar-refractivity contribution < 1.29 is 5.11 Å². The molecule has 2 atom stereocenters. The lowest BCUT2D eigenvalue weighted by Gasteiger charge is -2.21. The maximum Gasteiger partial charge on any atom is 0.120 e. The summed E-state index contributed by atoms with van der Waals surface area (Å²) in [7, 11) is 0. The van der Waals surface area contributed by atoms with Gasteiger partial charge in [-0.05, 0) is 24.6 Å². The molecule has 0 amide bonds. The first-order valence-corrected chi connectivity index (χ1v) is 7.13. The van der Waals surface area contributed by atoms with Gasteiger partial charge in [0, 0.05) is 24.2 Å². The summed E-state index contributed by atoms with van der Waals surface area (Å²) < 4.78 is 0. The van der Waals surface area contributed by atoms with Crippen LogP contribution in [0.5, 0.6) is 5.75 Å². The topological polar surface area (TPSA) is 44.3 Å². The van der Waals surface area contributed by atoms with Crippen molar-refractivity contribution in [1.29, 1.82) is 0 Å². The van der Waals surface area contributed by atoms with Crippen LogP contribution >= 0.6 is 0 Å². The van der Waals surface area contributed by atoms with Crippen molar-refractivity contribution in [3.05, 3.63) is 65.7 Å².